The fourth-order valence-electron chi connectivity index (χ4n) is 2.31. The van der Waals surface area contributed by atoms with E-state index in [1.165, 1.54) is 0 Å². The van der Waals surface area contributed by atoms with Gasteiger partial charge in [-0.15, -0.1) is 12.4 Å². The molecule has 2 rings (SSSR count). The van der Waals surface area contributed by atoms with Gasteiger partial charge in [-0.05, 0) is 62.2 Å². The molecule has 0 aliphatic rings. The molecule has 2 aromatic carbocycles. The fraction of sp³-hybridized carbons (Fsp3) is 0.316. The third-order valence-corrected chi connectivity index (χ3v) is 3.48. The molecule has 0 aliphatic carbocycles. The molecule has 0 heterocycles. The lowest BCUT2D eigenvalue weighted by Gasteiger charge is -2.12. The number of nitrogen functional groups attached to an aromatic ring is 1. The van der Waals surface area contributed by atoms with Crippen LogP contribution in [0.4, 0.5) is 5.69 Å². The Bertz CT molecular complexity index is 675. The van der Waals surface area contributed by atoms with E-state index < -0.39 is 0 Å². The Hall–Kier alpha value is -2.40. The number of amides is 1. The highest BCUT2D eigenvalue weighted by molar-refractivity contribution is 5.94. The van der Waals surface area contributed by atoms with Gasteiger partial charge in [0.05, 0.1) is 13.2 Å². The van der Waals surface area contributed by atoms with Crippen LogP contribution >= 0.6 is 12.4 Å². The Morgan fingerprint density at radius 2 is 1.64 bits per heavy atom. The fourth-order valence-corrected chi connectivity index (χ4v) is 2.31. The minimum absolute atomic E-state index is 0. The Morgan fingerprint density at radius 1 is 1.00 bits per heavy atom. The van der Waals surface area contributed by atoms with E-state index >= 15 is 0 Å². The summed E-state index contributed by atoms with van der Waals surface area (Å²) in [7, 11) is 0. The molecule has 0 atom stereocenters. The largest absolute Gasteiger partial charge is 0.490 e. The zero-order valence-corrected chi connectivity index (χ0v) is 15.4. The highest BCUT2D eigenvalue weighted by Gasteiger charge is 2.08. The van der Waals surface area contributed by atoms with Crippen LogP contribution < -0.4 is 20.5 Å². The van der Waals surface area contributed by atoms with E-state index in [2.05, 4.69) is 5.32 Å². The molecule has 0 unspecified atom stereocenters. The summed E-state index contributed by atoms with van der Waals surface area (Å²) < 4.78 is 11.2. The normalized spacial score (nSPS) is 9.84. The van der Waals surface area contributed by atoms with Crippen molar-refractivity contribution in [2.75, 3.05) is 25.5 Å². The van der Waals surface area contributed by atoms with Crippen molar-refractivity contribution in [3.05, 3.63) is 53.6 Å². The lowest BCUT2D eigenvalue weighted by molar-refractivity contribution is 0.0954. The number of anilines is 1. The van der Waals surface area contributed by atoms with Gasteiger partial charge in [0.1, 0.15) is 0 Å². The molecule has 3 N–H and O–H groups in total. The van der Waals surface area contributed by atoms with E-state index in [1.54, 1.807) is 24.3 Å². The lowest BCUT2D eigenvalue weighted by atomic mass is 10.1. The Kier molecular flexibility index (Phi) is 8.64. The molecular formula is C19H25ClN2O3. The van der Waals surface area contributed by atoms with Gasteiger partial charge in [-0.2, -0.15) is 0 Å². The first kappa shape index (κ1) is 20.6. The quantitative estimate of drug-likeness (QED) is 0.703. The van der Waals surface area contributed by atoms with Crippen molar-refractivity contribution in [1.82, 2.24) is 5.32 Å². The predicted octanol–water partition coefficient (Wildman–Crippen LogP) is 3.46. The van der Waals surface area contributed by atoms with Crippen LogP contribution in [-0.4, -0.2) is 25.7 Å². The maximum atomic E-state index is 12.1. The smallest absolute Gasteiger partial charge is 0.251 e. The average Bonchev–Trinajstić information content (AvgIpc) is 2.58. The molecule has 0 saturated heterocycles. The van der Waals surface area contributed by atoms with Crippen molar-refractivity contribution in [2.45, 2.75) is 20.3 Å². The number of hydrogen-bond acceptors (Lipinski definition) is 4. The third-order valence-electron chi connectivity index (χ3n) is 3.48. The first-order valence-electron chi connectivity index (χ1n) is 8.16. The Morgan fingerprint density at radius 3 is 2.28 bits per heavy atom. The summed E-state index contributed by atoms with van der Waals surface area (Å²) in [6.07, 6.45) is 0.715. The molecule has 2 aromatic rings. The van der Waals surface area contributed by atoms with Crippen molar-refractivity contribution in [1.29, 1.82) is 0 Å². The van der Waals surface area contributed by atoms with E-state index in [9.17, 15) is 4.79 Å². The number of carbonyl (C=O) groups excluding carboxylic acids is 1. The minimum Gasteiger partial charge on any atom is -0.490 e. The topological polar surface area (TPSA) is 73.6 Å². The average molecular weight is 365 g/mol. The molecule has 136 valence electrons. The van der Waals surface area contributed by atoms with Crippen molar-refractivity contribution in [2.24, 2.45) is 0 Å². The Labute approximate surface area is 154 Å². The second-order valence-electron chi connectivity index (χ2n) is 5.28. The van der Waals surface area contributed by atoms with Gasteiger partial charge in [-0.3, -0.25) is 4.79 Å². The lowest BCUT2D eigenvalue weighted by Crippen LogP contribution is -2.25. The highest BCUT2D eigenvalue weighted by Crippen LogP contribution is 2.28. The first-order chi connectivity index (χ1) is 11.6. The Balaban J connectivity index is 0.00000312. The van der Waals surface area contributed by atoms with E-state index in [-0.39, 0.29) is 18.3 Å². The number of carbonyl (C=O) groups is 1. The molecular weight excluding hydrogens is 340 g/mol. The molecule has 0 fully saturated rings. The zero-order chi connectivity index (χ0) is 17.4. The summed E-state index contributed by atoms with van der Waals surface area (Å²) in [6, 6.07) is 12.7. The van der Waals surface area contributed by atoms with Crippen molar-refractivity contribution >= 4 is 24.0 Å². The second kappa shape index (κ2) is 10.5. The summed E-state index contributed by atoms with van der Waals surface area (Å²) in [5.41, 5.74) is 7.95. The van der Waals surface area contributed by atoms with E-state index in [1.807, 2.05) is 32.0 Å². The maximum absolute atomic E-state index is 12.1. The van der Waals surface area contributed by atoms with Crippen LogP contribution in [0.1, 0.15) is 29.8 Å². The number of benzene rings is 2. The monoisotopic (exact) mass is 364 g/mol. The molecule has 0 aromatic heterocycles. The van der Waals surface area contributed by atoms with Gasteiger partial charge < -0.3 is 20.5 Å². The van der Waals surface area contributed by atoms with Crippen molar-refractivity contribution in [3.63, 3.8) is 0 Å². The van der Waals surface area contributed by atoms with Gasteiger partial charge in [0.25, 0.3) is 5.91 Å². The van der Waals surface area contributed by atoms with Crippen molar-refractivity contribution < 1.29 is 14.3 Å². The summed E-state index contributed by atoms with van der Waals surface area (Å²) in [6.45, 7) is 5.60. The predicted molar refractivity (Wildman–Crippen MR) is 103 cm³/mol. The van der Waals surface area contributed by atoms with Crippen LogP contribution in [0.25, 0.3) is 0 Å². The molecule has 0 radical (unpaired) electrons. The third kappa shape index (κ3) is 6.19. The van der Waals surface area contributed by atoms with Gasteiger partial charge in [-0.1, -0.05) is 6.07 Å². The SMILES string of the molecule is CCOc1ccc(CCNC(=O)c2ccc(N)cc2)cc1OCC.Cl. The first-order valence-corrected chi connectivity index (χ1v) is 8.16. The zero-order valence-electron chi connectivity index (χ0n) is 14.6. The number of ether oxygens (including phenoxy) is 2. The highest BCUT2D eigenvalue weighted by atomic mass is 35.5. The van der Waals surface area contributed by atoms with Crippen LogP contribution in [0, 0.1) is 0 Å². The number of rotatable bonds is 8. The van der Waals surface area contributed by atoms with Crippen LogP contribution in [0.2, 0.25) is 0 Å². The standard InChI is InChI=1S/C19H24N2O3.ClH/c1-3-23-17-10-5-14(13-18(17)24-4-2)11-12-21-19(22)15-6-8-16(20)9-7-15;/h5-10,13H,3-4,11-12,20H2,1-2H3,(H,21,22);1H. The van der Waals surface area contributed by atoms with E-state index in [0.29, 0.717) is 37.4 Å². The van der Waals surface area contributed by atoms with E-state index in [0.717, 1.165) is 17.1 Å². The van der Waals surface area contributed by atoms with Gasteiger partial charge >= 0.3 is 0 Å². The van der Waals surface area contributed by atoms with Gasteiger partial charge in [0.2, 0.25) is 0 Å². The molecule has 6 heteroatoms. The van der Waals surface area contributed by atoms with Crippen LogP contribution in [0.15, 0.2) is 42.5 Å². The number of nitrogens with two attached hydrogens (primary N) is 1. The molecule has 0 saturated carbocycles. The number of hydrogen-bond donors (Lipinski definition) is 2. The summed E-state index contributed by atoms with van der Waals surface area (Å²) in [5.74, 6) is 1.38. The maximum Gasteiger partial charge on any atom is 0.251 e. The summed E-state index contributed by atoms with van der Waals surface area (Å²) in [4.78, 5) is 12.1. The molecule has 1 amide bonds. The van der Waals surface area contributed by atoms with Crippen LogP contribution in [0.5, 0.6) is 11.5 Å². The summed E-state index contributed by atoms with van der Waals surface area (Å²) >= 11 is 0. The minimum atomic E-state index is -0.106. The summed E-state index contributed by atoms with van der Waals surface area (Å²) in [5, 5.41) is 2.91. The molecule has 0 bridgehead atoms. The molecule has 0 spiro atoms. The van der Waals surface area contributed by atoms with Crippen LogP contribution in [-0.2, 0) is 6.42 Å². The van der Waals surface area contributed by atoms with Gasteiger partial charge in [-0.25, -0.2) is 0 Å². The van der Waals surface area contributed by atoms with Crippen LogP contribution in [0.3, 0.4) is 0 Å². The number of halogens is 1. The second-order valence-corrected chi connectivity index (χ2v) is 5.28. The van der Waals surface area contributed by atoms with Gasteiger partial charge in [0, 0.05) is 17.8 Å². The molecule has 0 aliphatic heterocycles. The van der Waals surface area contributed by atoms with Crippen molar-refractivity contribution in [3.8, 4) is 11.5 Å². The number of nitrogens with one attached hydrogen (secondary N) is 1. The van der Waals surface area contributed by atoms with E-state index in [4.69, 9.17) is 15.2 Å². The molecule has 5 nitrogen and oxygen atoms in total. The van der Waals surface area contributed by atoms with Gasteiger partial charge in [0.15, 0.2) is 11.5 Å². The molecule has 25 heavy (non-hydrogen) atoms.